The quantitative estimate of drug-likeness (QED) is 0.649. The van der Waals surface area contributed by atoms with Gasteiger partial charge in [-0.15, -0.1) is 0 Å². The Hall–Kier alpha value is -2.85. The minimum absolute atomic E-state index is 0.286. The second-order valence-electron chi connectivity index (χ2n) is 5.38. The van der Waals surface area contributed by atoms with Crippen molar-refractivity contribution in [1.82, 2.24) is 0 Å². The lowest BCUT2D eigenvalue weighted by Gasteiger charge is -1.99. The molecular formula is C19H11ClFNO2. The van der Waals surface area contributed by atoms with Crippen LogP contribution in [0, 0.1) is 5.82 Å². The summed E-state index contributed by atoms with van der Waals surface area (Å²) in [4.78, 5) is 12.1. The maximum Gasteiger partial charge on any atom is 0.256 e. The molecule has 3 aromatic rings. The van der Waals surface area contributed by atoms with Crippen molar-refractivity contribution in [2.24, 2.45) is 0 Å². The minimum Gasteiger partial charge on any atom is -0.457 e. The average molecular weight is 340 g/mol. The van der Waals surface area contributed by atoms with Gasteiger partial charge in [-0.25, -0.2) is 4.39 Å². The zero-order valence-electron chi connectivity index (χ0n) is 12.3. The van der Waals surface area contributed by atoms with Gasteiger partial charge in [0, 0.05) is 16.8 Å². The van der Waals surface area contributed by atoms with Gasteiger partial charge < -0.3 is 9.73 Å². The van der Waals surface area contributed by atoms with Crippen molar-refractivity contribution in [2.75, 3.05) is 5.32 Å². The van der Waals surface area contributed by atoms with Crippen LogP contribution in [-0.2, 0) is 4.79 Å². The number of hydrogen-bond donors (Lipinski definition) is 1. The van der Waals surface area contributed by atoms with Crippen LogP contribution in [0.1, 0.15) is 11.3 Å². The van der Waals surface area contributed by atoms with Crippen LogP contribution in [0.15, 0.2) is 59.0 Å². The lowest BCUT2D eigenvalue weighted by Crippen LogP contribution is -2.03. The number of carbonyl (C=O) groups excluding carboxylic acids is 1. The van der Waals surface area contributed by atoms with E-state index in [0.29, 0.717) is 33.4 Å². The molecule has 0 saturated heterocycles. The highest BCUT2D eigenvalue weighted by Crippen LogP contribution is 2.35. The van der Waals surface area contributed by atoms with E-state index in [1.54, 1.807) is 30.3 Å². The molecule has 5 heteroatoms. The SMILES string of the molecule is O=C1Nc2ccc(F)cc2/C1=C/c1ccc(-c2ccccc2Cl)o1. The molecule has 1 aliphatic rings. The highest BCUT2D eigenvalue weighted by atomic mass is 35.5. The number of anilines is 1. The van der Waals surface area contributed by atoms with Crippen LogP contribution in [0.5, 0.6) is 0 Å². The first kappa shape index (κ1) is 14.7. The number of amides is 1. The van der Waals surface area contributed by atoms with Crippen LogP contribution in [0.2, 0.25) is 5.02 Å². The van der Waals surface area contributed by atoms with E-state index in [4.69, 9.17) is 16.0 Å². The summed E-state index contributed by atoms with van der Waals surface area (Å²) in [6.45, 7) is 0. The fourth-order valence-electron chi connectivity index (χ4n) is 2.68. The maximum absolute atomic E-state index is 13.5. The summed E-state index contributed by atoms with van der Waals surface area (Å²) in [5, 5.41) is 3.29. The normalized spacial score (nSPS) is 14.8. The van der Waals surface area contributed by atoms with Crippen LogP contribution in [0.25, 0.3) is 23.0 Å². The Bertz CT molecular complexity index is 991. The maximum atomic E-state index is 13.5. The molecule has 0 fully saturated rings. The van der Waals surface area contributed by atoms with Crippen molar-refractivity contribution in [1.29, 1.82) is 0 Å². The zero-order valence-corrected chi connectivity index (χ0v) is 13.1. The molecule has 0 radical (unpaired) electrons. The highest BCUT2D eigenvalue weighted by Gasteiger charge is 2.25. The molecule has 0 bridgehead atoms. The van der Waals surface area contributed by atoms with Gasteiger partial charge in [0.25, 0.3) is 5.91 Å². The molecule has 118 valence electrons. The third kappa shape index (κ3) is 2.51. The Morgan fingerprint density at radius 2 is 1.88 bits per heavy atom. The van der Waals surface area contributed by atoms with Crippen LogP contribution < -0.4 is 5.32 Å². The molecule has 0 aliphatic carbocycles. The van der Waals surface area contributed by atoms with Gasteiger partial charge in [-0.2, -0.15) is 0 Å². The first-order valence-corrected chi connectivity index (χ1v) is 7.67. The number of halogens is 2. The number of carbonyl (C=O) groups is 1. The first-order valence-electron chi connectivity index (χ1n) is 7.29. The molecule has 1 aliphatic heterocycles. The van der Waals surface area contributed by atoms with Gasteiger partial charge in [0.15, 0.2) is 0 Å². The fraction of sp³-hybridized carbons (Fsp3) is 0. The Morgan fingerprint density at radius 1 is 1.04 bits per heavy atom. The van der Waals surface area contributed by atoms with Gasteiger partial charge in [0.1, 0.15) is 17.3 Å². The van der Waals surface area contributed by atoms with Crippen molar-refractivity contribution in [3.8, 4) is 11.3 Å². The van der Waals surface area contributed by atoms with Crippen molar-refractivity contribution in [2.45, 2.75) is 0 Å². The van der Waals surface area contributed by atoms with Crippen molar-refractivity contribution in [3.05, 3.63) is 76.8 Å². The molecule has 1 N–H and O–H groups in total. The summed E-state index contributed by atoms with van der Waals surface area (Å²) in [5.74, 6) is 0.413. The first-order chi connectivity index (χ1) is 11.6. The average Bonchev–Trinajstić information content (AvgIpc) is 3.14. The van der Waals surface area contributed by atoms with E-state index in [0.717, 1.165) is 5.56 Å². The molecule has 0 unspecified atom stereocenters. The largest absolute Gasteiger partial charge is 0.457 e. The lowest BCUT2D eigenvalue weighted by molar-refractivity contribution is -0.110. The predicted molar refractivity (Wildman–Crippen MR) is 92.1 cm³/mol. The third-order valence-corrected chi connectivity index (χ3v) is 4.15. The Morgan fingerprint density at radius 3 is 2.71 bits per heavy atom. The third-order valence-electron chi connectivity index (χ3n) is 3.82. The molecule has 2 heterocycles. The lowest BCUT2D eigenvalue weighted by atomic mass is 10.1. The van der Waals surface area contributed by atoms with Gasteiger partial charge in [0.2, 0.25) is 0 Å². The summed E-state index contributed by atoms with van der Waals surface area (Å²) in [6.07, 6.45) is 1.60. The summed E-state index contributed by atoms with van der Waals surface area (Å²) in [5.41, 5.74) is 2.25. The number of furan rings is 1. The fourth-order valence-corrected chi connectivity index (χ4v) is 2.91. The van der Waals surface area contributed by atoms with E-state index in [-0.39, 0.29) is 5.91 Å². The van der Waals surface area contributed by atoms with Crippen molar-refractivity contribution in [3.63, 3.8) is 0 Å². The Kier molecular flexibility index (Phi) is 3.47. The van der Waals surface area contributed by atoms with E-state index in [1.807, 2.05) is 18.2 Å². The molecule has 1 aromatic heterocycles. The molecule has 0 spiro atoms. The highest BCUT2D eigenvalue weighted by molar-refractivity contribution is 6.35. The number of rotatable bonds is 2. The van der Waals surface area contributed by atoms with Crippen molar-refractivity contribution < 1.29 is 13.6 Å². The minimum atomic E-state index is -0.396. The topological polar surface area (TPSA) is 42.2 Å². The molecule has 24 heavy (non-hydrogen) atoms. The zero-order chi connectivity index (χ0) is 16.7. The van der Waals surface area contributed by atoms with E-state index in [9.17, 15) is 9.18 Å². The van der Waals surface area contributed by atoms with Crippen LogP contribution >= 0.6 is 11.6 Å². The summed E-state index contributed by atoms with van der Waals surface area (Å²) in [7, 11) is 0. The van der Waals surface area contributed by atoms with E-state index in [2.05, 4.69) is 5.32 Å². The molecule has 1 amide bonds. The van der Waals surface area contributed by atoms with E-state index >= 15 is 0 Å². The number of benzene rings is 2. The smallest absolute Gasteiger partial charge is 0.256 e. The van der Waals surface area contributed by atoms with Crippen LogP contribution in [0.3, 0.4) is 0 Å². The molecule has 4 rings (SSSR count). The molecule has 0 atom stereocenters. The predicted octanol–water partition coefficient (Wildman–Crippen LogP) is 5.23. The number of nitrogens with one attached hydrogen (secondary N) is 1. The summed E-state index contributed by atoms with van der Waals surface area (Å²) < 4.78 is 19.2. The molecule has 2 aromatic carbocycles. The van der Waals surface area contributed by atoms with Gasteiger partial charge in [-0.1, -0.05) is 23.7 Å². The second kappa shape index (κ2) is 5.65. The number of fused-ring (bicyclic) bond motifs is 1. The van der Waals surface area contributed by atoms with E-state index in [1.165, 1.54) is 12.1 Å². The Balaban J connectivity index is 1.74. The van der Waals surface area contributed by atoms with Gasteiger partial charge >= 0.3 is 0 Å². The monoisotopic (exact) mass is 339 g/mol. The van der Waals surface area contributed by atoms with Gasteiger partial charge in [-0.3, -0.25) is 4.79 Å². The second-order valence-corrected chi connectivity index (χ2v) is 5.79. The molecular weight excluding hydrogens is 329 g/mol. The van der Waals surface area contributed by atoms with Gasteiger partial charge in [-0.05, 0) is 48.5 Å². The number of hydrogen-bond acceptors (Lipinski definition) is 2. The molecule has 0 saturated carbocycles. The van der Waals surface area contributed by atoms with Gasteiger partial charge in [0.05, 0.1) is 10.6 Å². The summed E-state index contributed by atoms with van der Waals surface area (Å²) in [6, 6.07) is 15.1. The molecule has 3 nitrogen and oxygen atoms in total. The Labute approximate surface area is 142 Å². The van der Waals surface area contributed by atoms with Crippen LogP contribution in [0.4, 0.5) is 10.1 Å². The summed E-state index contributed by atoms with van der Waals surface area (Å²) >= 11 is 6.16. The van der Waals surface area contributed by atoms with Crippen LogP contribution in [-0.4, -0.2) is 5.91 Å². The van der Waals surface area contributed by atoms with E-state index < -0.39 is 5.82 Å². The standard InChI is InChI=1S/C19H11ClFNO2/c20-16-4-2-1-3-13(16)18-8-6-12(24-18)10-15-14-9-11(21)5-7-17(14)22-19(15)23/h1-10H,(H,22,23)/b15-10-. The van der Waals surface area contributed by atoms with Crippen molar-refractivity contribution >= 4 is 34.8 Å².